The van der Waals surface area contributed by atoms with Gasteiger partial charge in [0, 0.05) is 10.6 Å². The Morgan fingerprint density at radius 1 is 1.03 bits per heavy atom. The molecule has 0 radical (unpaired) electrons. The van der Waals surface area contributed by atoms with Gasteiger partial charge in [0.1, 0.15) is 6.10 Å². The molecule has 0 aliphatic rings. The van der Waals surface area contributed by atoms with E-state index in [1.807, 2.05) is 74.5 Å². The lowest BCUT2D eigenvalue weighted by molar-refractivity contribution is -0.136. The minimum atomic E-state index is -0.846. The van der Waals surface area contributed by atoms with E-state index in [4.69, 9.17) is 21.4 Å². The minimum Gasteiger partial charge on any atom is -0.481 e. The molecule has 2 N–H and O–H groups in total. The topological polar surface area (TPSA) is 88.5 Å². The number of carboxylic acid groups (broad SMARTS) is 1. The predicted molar refractivity (Wildman–Crippen MR) is 144 cm³/mol. The van der Waals surface area contributed by atoms with E-state index in [0.717, 1.165) is 38.3 Å². The summed E-state index contributed by atoms with van der Waals surface area (Å²) >= 11 is 7.53. The fourth-order valence-electron chi connectivity index (χ4n) is 3.93. The lowest BCUT2D eigenvalue weighted by Gasteiger charge is -2.16. The van der Waals surface area contributed by atoms with Gasteiger partial charge in [-0.15, -0.1) is 0 Å². The number of hydrogen-bond donors (Lipinski definition) is 2. The van der Waals surface area contributed by atoms with E-state index >= 15 is 0 Å². The van der Waals surface area contributed by atoms with Crippen LogP contribution in [-0.4, -0.2) is 21.5 Å². The molecule has 1 heterocycles. The molecule has 184 valence electrons. The number of carboxylic acids is 1. The van der Waals surface area contributed by atoms with Gasteiger partial charge >= 0.3 is 12.1 Å². The van der Waals surface area contributed by atoms with Crippen LogP contribution in [-0.2, 0) is 16.0 Å². The van der Waals surface area contributed by atoms with E-state index in [0.29, 0.717) is 16.4 Å². The van der Waals surface area contributed by atoms with Crippen LogP contribution in [0.15, 0.2) is 66.7 Å². The molecule has 0 saturated heterocycles. The first kappa shape index (κ1) is 25.4. The average molecular weight is 521 g/mol. The first-order valence-corrected chi connectivity index (χ1v) is 12.5. The standard InChI is InChI=1S/C28H25ClN2O4S/c1-16-14-22(13-12-21(16)15-25(32)33)19-8-10-20(11-9-19)27-26(17(2)31-36-27)30-28(34)35-18(3)23-6-4-5-7-24(23)29/h4-14,18H,15H2,1-3H3,(H,30,34)(H,32,33). The van der Waals surface area contributed by atoms with Crippen molar-refractivity contribution in [3.63, 3.8) is 0 Å². The summed E-state index contributed by atoms with van der Waals surface area (Å²) in [5.74, 6) is -0.846. The third-order valence-corrected chi connectivity index (χ3v) is 7.21. The van der Waals surface area contributed by atoms with Crippen molar-refractivity contribution in [1.82, 2.24) is 4.37 Å². The molecule has 1 aromatic heterocycles. The van der Waals surface area contributed by atoms with Crippen molar-refractivity contribution in [3.05, 3.63) is 94.1 Å². The third-order valence-electron chi connectivity index (χ3n) is 5.88. The fraction of sp³-hybridized carbons (Fsp3) is 0.179. The number of aromatic nitrogens is 1. The Hall–Kier alpha value is -3.68. The average Bonchev–Trinajstić information content (AvgIpc) is 3.20. The van der Waals surface area contributed by atoms with E-state index in [9.17, 15) is 9.59 Å². The number of hydrogen-bond acceptors (Lipinski definition) is 5. The molecular formula is C28H25ClN2O4S. The number of ether oxygens (including phenoxy) is 1. The highest BCUT2D eigenvalue weighted by atomic mass is 35.5. The molecule has 0 spiro atoms. The molecule has 0 aliphatic heterocycles. The third kappa shape index (κ3) is 5.75. The number of aliphatic carboxylic acids is 1. The van der Waals surface area contributed by atoms with Gasteiger partial charge in [0.25, 0.3) is 0 Å². The molecule has 4 aromatic rings. The molecule has 0 aliphatic carbocycles. The minimum absolute atomic E-state index is 0.00512. The van der Waals surface area contributed by atoms with Crippen LogP contribution in [0.25, 0.3) is 21.6 Å². The molecule has 1 amide bonds. The second kappa shape index (κ2) is 10.9. The summed E-state index contributed by atoms with van der Waals surface area (Å²) in [5, 5.41) is 12.4. The molecule has 6 nitrogen and oxygen atoms in total. The highest BCUT2D eigenvalue weighted by Crippen LogP contribution is 2.36. The van der Waals surface area contributed by atoms with Crippen molar-refractivity contribution in [3.8, 4) is 21.6 Å². The Balaban J connectivity index is 1.50. The maximum absolute atomic E-state index is 12.7. The molecule has 3 aromatic carbocycles. The lowest BCUT2D eigenvalue weighted by Crippen LogP contribution is -2.16. The van der Waals surface area contributed by atoms with Gasteiger partial charge in [-0.05, 0) is 66.2 Å². The summed E-state index contributed by atoms with van der Waals surface area (Å²) in [6, 6.07) is 21.0. The number of amides is 1. The van der Waals surface area contributed by atoms with Crippen LogP contribution in [0, 0.1) is 13.8 Å². The fourth-order valence-corrected chi connectivity index (χ4v) is 5.07. The van der Waals surface area contributed by atoms with Gasteiger partial charge in [0.15, 0.2) is 0 Å². The molecule has 36 heavy (non-hydrogen) atoms. The number of nitrogens with zero attached hydrogens (tertiary/aromatic N) is 1. The van der Waals surface area contributed by atoms with Gasteiger partial charge in [-0.3, -0.25) is 10.1 Å². The van der Waals surface area contributed by atoms with Crippen LogP contribution in [0.2, 0.25) is 5.02 Å². The first-order chi connectivity index (χ1) is 17.2. The molecule has 0 fully saturated rings. The summed E-state index contributed by atoms with van der Waals surface area (Å²) in [6.45, 7) is 5.53. The highest BCUT2D eigenvalue weighted by molar-refractivity contribution is 7.10. The van der Waals surface area contributed by atoms with Crippen LogP contribution in [0.5, 0.6) is 0 Å². The Labute approximate surface area is 218 Å². The second-order valence-electron chi connectivity index (χ2n) is 8.46. The summed E-state index contributed by atoms with van der Waals surface area (Å²) in [7, 11) is 0. The van der Waals surface area contributed by atoms with Gasteiger partial charge in [0.2, 0.25) is 0 Å². The number of rotatable bonds is 7. The van der Waals surface area contributed by atoms with E-state index in [1.165, 1.54) is 11.5 Å². The van der Waals surface area contributed by atoms with Gasteiger partial charge in [0.05, 0.1) is 22.7 Å². The Morgan fingerprint density at radius 2 is 1.69 bits per heavy atom. The maximum Gasteiger partial charge on any atom is 0.412 e. The second-order valence-corrected chi connectivity index (χ2v) is 9.64. The number of aryl methyl sites for hydroxylation is 2. The number of halogens is 1. The van der Waals surface area contributed by atoms with Crippen LogP contribution >= 0.6 is 23.1 Å². The van der Waals surface area contributed by atoms with Gasteiger partial charge < -0.3 is 9.84 Å². The zero-order valence-electron chi connectivity index (χ0n) is 20.0. The zero-order valence-corrected chi connectivity index (χ0v) is 21.6. The van der Waals surface area contributed by atoms with Crippen molar-refractivity contribution < 1.29 is 19.4 Å². The van der Waals surface area contributed by atoms with Crippen LogP contribution in [0.4, 0.5) is 10.5 Å². The Bertz CT molecular complexity index is 1420. The van der Waals surface area contributed by atoms with Crippen LogP contribution in [0.1, 0.15) is 35.4 Å². The van der Waals surface area contributed by atoms with Crippen LogP contribution in [0.3, 0.4) is 0 Å². The summed E-state index contributed by atoms with van der Waals surface area (Å²) in [5.41, 5.74) is 6.71. The van der Waals surface area contributed by atoms with Gasteiger partial charge in [-0.1, -0.05) is 72.3 Å². The lowest BCUT2D eigenvalue weighted by atomic mass is 9.97. The number of nitrogens with one attached hydrogen (secondary N) is 1. The van der Waals surface area contributed by atoms with E-state index < -0.39 is 18.2 Å². The normalized spacial score (nSPS) is 11.7. The van der Waals surface area contributed by atoms with E-state index in [2.05, 4.69) is 9.69 Å². The van der Waals surface area contributed by atoms with Crippen LogP contribution < -0.4 is 5.32 Å². The molecular weight excluding hydrogens is 496 g/mol. The van der Waals surface area contributed by atoms with Gasteiger partial charge in [-0.2, -0.15) is 4.37 Å². The van der Waals surface area contributed by atoms with Crippen molar-refractivity contribution in [2.24, 2.45) is 0 Å². The molecule has 0 bridgehead atoms. The largest absolute Gasteiger partial charge is 0.481 e. The first-order valence-electron chi connectivity index (χ1n) is 11.3. The molecule has 0 saturated carbocycles. The summed E-state index contributed by atoms with van der Waals surface area (Å²) < 4.78 is 9.99. The Morgan fingerprint density at radius 3 is 2.36 bits per heavy atom. The number of anilines is 1. The smallest absolute Gasteiger partial charge is 0.412 e. The number of carbonyl (C=O) groups is 2. The Kier molecular flexibility index (Phi) is 7.72. The molecule has 4 rings (SSSR count). The zero-order chi connectivity index (χ0) is 25.8. The maximum atomic E-state index is 12.7. The summed E-state index contributed by atoms with van der Waals surface area (Å²) in [6.07, 6.45) is -1.09. The van der Waals surface area contributed by atoms with Crippen molar-refractivity contribution in [1.29, 1.82) is 0 Å². The van der Waals surface area contributed by atoms with Crippen molar-refractivity contribution in [2.45, 2.75) is 33.3 Å². The highest BCUT2D eigenvalue weighted by Gasteiger charge is 2.19. The molecule has 1 atom stereocenters. The van der Waals surface area contributed by atoms with E-state index in [1.54, 1.807) is 13.0 Å². The monoisotopic (exact) mass is 520 g/mol. The van der Waals surface area contributed by atoms with Crippen molar-refractivity contribution in [2.75, 3.05) is 5.32 Å². The molecule has 8 heteroatoms. The molecule has 1 unspecified atom stereocenters. The summed E-state index contributed by atoms with van der Waals surface area (Å²) in [4.78, 5) is 24.5. The SMILES string of the molecule is Cc1cc(-c2ccc(-c3snc(C)c3NC(=O)OC(C)c3ccccc3Cl)cc2)ccc1CC(=O)O. The predicted octanol–water partition coefficient (Wildman–Crippen LogP) is 7.68. The number of benzene rings is 3. The number of carbonyl (C=O) groups excluding carboxylic acids is 1. The van der Waals surface area contributed by atoms with Crippen molar-refractivity contribution >= 4 is 40.9 Å². The van der Waals surface area contributed by atoms with Gasteiger partial charge in [-0.25, -0.2) is 4.79 Å². The quantitative estimate of drug-likeness (QED) is 0.261. The van der Waals surface area contributed by atoms with E-state index in [-0.39, 0.29) is 6.42 Å².